The van der Waals surface area contributed by atoms with Crippen molar-refractivity contribution in [2.24, 2.45) is 0 Å². The van der Waals surface area contributed by atoms with Crippen molar-refractivity contribution in [1.29, 1.82) is 0 Å². The zero-order chi connectivity index (χ0) is 15.2. The van der Waals surface area contributed by atoms with E-state index < -0.39 is 12.1 Å². The molecular weight excluding hydrogens is 294 g/mol. The van der Waals surface area contributed by atoms with Crippen LogP contribution in [0.25, 0.3) is 0 Å². The molecule has 0 aliphatic carbocycles. The first kappa shape index (κ1) is 15.8. The highest BCUT2D eigenvalue weighted by Gasteiger charge is 2.29. The Morgan fingerprint density at radius 2 is 2.19 bits per heavy atom. The standard InChI is InChI=1S/C15H18ClNO4/c1-20-15(19)13-10-17(8-9-21-13)14(18)7-6-11-4-2-3-5-12(11)16/h2-5,13H,6-10H2,1H3. The Balaban J connectivity index is 1.88. The van der Waals surface area contributed by atoms with E-state index in [4.69, 9.17) is 16.3 Å². The van der Waals surface area contributed by atoms with Crippen LogP contribution in [-0.4, -0.2) is 49.7 Å². The van der Waals surface area contributed by atoms with Gasteiger partial charge in [0.05, 0.1) is 20.3 Å². The summed E-state index contributed by atoms with van der Waals surface area (Å²) in [6, 6.07) is 7.47. The van der Waals surface area contributed by atoms with Crippen molar-refractivity contribution in [3.8, 4) is 0 Å². The van der Waals surface area contributed by atoms with Gasteiger partial charge in [-0.3, -0.25) is 4.79 Å². The topological polar surface area (TPSA) is 55.8 Å². The molecule has 6 heteroatoms. The van der Waals surface area contributed by atoms with E-state index in [-0.39, 0.29) is 12.5 Å². The van der Waals surface area contributed by atoms with Crippen molar-refractivity contribution in [3.63, 3.8) is 0 Å². The molecule has 1 aromatic rings. The van der Waals surface area contributed by atoms with E-state index >= 15 is 0 Å². The molecule has 5 nitrogen and oxygen atoms in total. The van der Waals surface area contributed by atoms with Crippen molar-refractivity contribution in [1.82, 2.24) is 4.90 Å². The molecule has 1 saturated heterocycles. The summed E-state index contributed by atoms with van der Waals surface area (Å²) >= 11 is 6.07. The highest BCUT2D eigenvalue weighted by Crippen LogP contribution is 2.17. The fourth-order valence-corrected chi connectivity index (χ4v) is 2.48. The van der Waals surface area contributed by atoms with E-state index in [2.05, 4.69) is 4.74 Å². The third-order valence-corrected chi connectivity index (χ3v) is 3.82. The Hall–Kier alpha value is -1.59. The van der Waals surface area contributed by atoms with E-state index in [0.717, 1.165) is 5.56 Å². The summed E-state index contributed by atoms with van der Waals surface area (Å²) in [4.78, 5) is 25.3. The van der Waals surface area contributed by atoms with Crippen LogP contribution in [0.4, 0.5) is 0 Å². The van der Waals surface area contributed by atoms with Gasteiger partial charge in [0.25, 0.3) is 0 Å². The lowest BCUT2D eigenvalue weighted by Gasteiger charge is -2.31. The second-order valence-electron chi connectivity index (χ2n) is 4.81. The van der Waals surface area contributed by atoms with Crippen LogP contribution in [0.5, 0.6) is 0 Å². The van der Waals surface area contributed by atoms with Gasteiger partial charge in [0.1, 0.15) is 0 Å². The third-order valence-electron chi connectivity index (χ3n) is 3.45. The summed E-state index contributed by atoms with van der Waals surface area (Å²) in [7, 11) is 1.31. The fourth-order valence-electron chi connectivity index (χ4n) is 2.25. The first-order valence-electron chi connectivity index (χ1n) is 6.82. The number of nitrogens with zero attached hydrogens (tertiary/aromatic N) is 1. The minimum absolute atomic E-state index is 0.00729. The molecule has 1 amide bonds. The molecule has 1 atom stereocenters. The number of benzene rings is 1. The van der Waals surface area contributed by atoms with Gasteiger partial charge in [0, 0.05) is 18.0 Å². The molecule has 1 unspecified atom stereocenters. The van der Waals surface area contributed by atoms with E-state index in [1.54, 1.807) is 4.90 Å². The first-order chi connectivity index (χ1) is 10.1. The lowest BCUT2D eigenvalue weighted by molar-refractivity contribution is -0.162. The molecule has 1 aliphatic heterocycles. The SMILES string of the molecule is COC(=O)C1CN(C(=O)CCc2ccccc2Cl)CCO1. The van der Waals surface area contributed by atoms with Crippen molar-refractivity contribution in [3.05, 3.63) is 34.9 Å². The average molecular weight is 312 g/mol. The molecule has 1 aromatic carbocycles. The van der Waals surface area contributed by atoms with Gasteiger partial charge in [-0.2, -0.15) is 0 Å². The number of amides is 1. The molecule has 2 rings (SSSR count). The number of rotatable bonds is 4. The smallest absolute Gasteiger partial charge is 0.336 e. The van der Waals surface area contributed by atoms with Gasteiger partial charge in [-0.15, -0.1) is 0 Å². The largest absolute Gasteiger partial charge is 0.467 e. The Morgan fingerprint density at radius 3 is 2.90 bits per heavy atom. The van der Waals surface area contributed by atoms with E-state index in [1.165, 1.54) is 7.11 Å². The molecule has 0 N–H and O–H groups in total. The van der Waals surface area contributed by atoms with Crippen LogP contribution in [0.2, 0.25) is 5.02 Å². The second-order valence-corrected chi connectivity index (χ2v) is 5.22. The maximum Gasteiger partial charge on any atom is 0.336 e. The van der Waals surface area contributed by atoms with E-state index in [9.17, 15) is 9.59 Å². The van der Waals surface area contributed by atoms with E-state index in [1.807, 2.05) is 24.3 Å². The molecule has 0 aromatic heterocycles. The molecule has 1 heterocycles. The van der Waals surface area contributed by atoms with Gasteiger partial charge in [0.2, 0.25) is 5.91 Å². The van der Waals surface area contributed by atoms with Crippen LogP contribution in [0.3, 0.4) is 0 Å². The number of carbonyl (C=O) groups is 2. The van der Waals surface area contributed by atoms with Crippen molar-refractivity contribution < 1.29 is 19.1 Å². The highest BCUT2D eigenvalue weighted by molar-refractivity contribution is 6.31. The molecule has 1 fully saturated rings. The van der Waals surface area contributed by atoms with Gasteiger partial charge in [-0.05, 0) is 18.1 Å². The second kappa shape index (κ2) is 7.43. The third kappa shape index (κ3) is 4.19. The van der Waals surface area contributed by atoms with Gasteiger partial charge >= 0.3 is 5.97 Å². The number of hydrogen-bond acceptors (Lipinski definition) is 4. The Labute approximate surface area is 128 Å². The Bertz CT molecular complexity index is 520. The van der Waals surface area contributed by atoms with Gasteiger partial charge in [-0.25, -0.2) is 4.79 Å². The number of ether oxygens (including phenoxy) is 2. The number of methoxy groups -OCH3 is 1. The molecule has 0 bridgehead atoms. The summed E-state index contributed by atoms with van der Waals surface area (Å²) in [6.07, 6.45) is 0.254. The Kier molecular flexibility index (Phi) is 5.59. The van der Waals surface area contributed by atoms with Gasteiger partial charge in [-0.1, -0.05) is 29.8 Å². The van der Waals surface area contributed by atoms with Crippen molar-refractivity contribution in [2.45, 2.75) is 18.9 Å². The van der Waals surface area contributed by atoms with Crippen LogP contribution in [0.1, 0.15) is 12.0 Å². The number of hydrogen-bond donors (Lipinski definition) is 0. The summed E-state index contributed by atoms with van der Waals surface area (Å²) in [6.45, 7) is 1.08. The monoisotopic (exact) mass is 311 g/mol. The summed E-state index contributed by atoms with van der Waals surface area (Å²) in [5.41, 5.74) is 0.949. The number of esters is 1. The Morgan fingerprint density at radius 1 is 1.43 bits per heavy atom. The van der Waals surface area contributed by atoms with Gasteiger partial charge < -0.3 is 14.4 Å². The molecular formula is C15H18ClNO4. The van der Waals surface area contributed by atoms with Crippen LogP contribution in [0, 0.1) is 0 Å². The molecule has 0 radical (unpaired) electrons. The predicted molar refractivity (Wildman–Crippen MR) is 78.1 cm³/mol. The minimum atomic E-state index is -0.687. The normalized spacial score (nSPS) is 18.4. The molecule has 114 valence electrons. The maximum atomic E-state index is 12.2. The van der Waals surface area contributed by atoms with Crippen molar-refractivity contribution in [2.75, 3.05) is 26.8 Å². The van der Waals surface area contributed by atoms with Crippen LogP contribution in [-0.2, 0) is 25.5 Å². The van der Waals surface area contributed by atoms with E-state index in [0.29, 0.717) is 31.0 Å². The summed E-state index contributed by atoms with van der Waals surface area (Å²) in [5, 5.41) is 0.666. The maximum absolute atomic E-state index is 12.2. The molecule has 0 saturated carbocycles. The van der Waals surface area contributed by atoms with Gasteiger partial charge in [0.15, 0.2) is 6.10 Å². The number of halogens is 1. The number of aryl methyl sites for hydroxylation is 1. The van der Waals surface area contributed by atoms with Crippen molar-refractivity contribution >= 4 is 23.5 Å². The number of carbonyl (C=O) groups excluding carboxylic acids is 2. The summed E-state index contributed by atoms with van der Waals surface area (Å²) in [5.74, 6) is -0.453. The first-order valence-corrected chi connectivity index (χ1v) is 7.20. The predicted octanol–water partition coefficient (Wildman–Crippen LogP) is 1.67. The summed E-state index contributed by atoms with van der Waals surface area (Å²) < 4.78 is 9.95. The van der Waals surface area contributed by atoms with Crippen LogP contribution >= 0.6 is 11.6 Å². The molecule has 21 heavy (non-hydrogen) atoms. The number of morpholine rings is 1. The highest BCUT2D eigenvalue weighted by atomic mass is 35.5. The average Bonchev–Trinajstić information content (AvgIpc) is 2.53. The van der Waals surface area contributed by atoms with Crippen LogP contribution < -0.4 is 0 Å². The molecule has 0 spiro atoms. The lowest BCUT2D eigenvalue weighted by Crippen LogP contribution is -2.48. The zero-order valence-electron chi connectivity index (χ0n) is 11.9. The minimum Gasteiger partial charge on any atom is -0.467 e. The fraction of sp³-hybridized carbons (Fsp3) is 0.467. The van der Waals surface area contributed by atoms with Crippen LogP contribution in [0.15, 0.2) is 24.3 Å². The lowest BCUT2D eigenvalue weighted by atomic mass is 10.1. The quantitative estimate of drug-likeness (QED) is 0.794. The molecule has 1 aliphatic rings. The zero-order valence-corrected chi connectivity index (χ0v) is 12.6.